The average molecular weight is 463 g/mol. The summed E-state index contributed by atoms with van der Waals surface area (Å²) in [5.41, 5.74) is -1.75. The number of alkyl halides is 3. The molecule has 0 bridgehead atoms. The van der Waals surface area contributed by atoms with Gasteiger partial charge in [0.15, 0.2) is 11.5 Å². The van der Waals surface area contributed by atoms with Crippen molar-refractivity contribution in [2.24, 2.45) is 7.05 Å². The Morgan fingerprint density at radius 1 is 1.33 bits per heavy atom. The van der Waals surface area contributed by atoms with E-state index in [9.17, 15) is 18.0 Å². The molecule has 0 amide bonds. The van der Waals surface area contributed by atoms with Gasteiger partial charge in [0.05, 0.1) is 5.52 Å². The lowest BCUT2D eigenvalue weighted by atomic mass is 10.3. The highest BCUT2D eigenvalue weighted by atomic mass is 79.9. The molecule has 0 radical (unpaired) electrons. The van der Waals surface area contributed by atoms with E-state index in [1.54, 1.807) is 13.2 Å². The van der Waals surface area contributed by atoms with Gasteiger partial charge >= 0.3 is 11.7 Å². The van der Waals surface area contributed by atoms with Crippen LogP contribution in [-0.2, 0) is 13.2 Å². The number of halogens is 4. The predicted molar refractivity (Wildman–Crippen MR) is 99.8 cm³/mol. The molecule has 0 unspecified atom stereocenters. The van der Waals surface area contributed by atoms with E-state index in [1.807, 2.05) is 13.0 Å². The Hall–Kier alpha value is -2.01. The highest BCUT2D eigenvalue weighted by molar-refractivity contribution is 9.10. The monoisotopic (exact) mass is 462 g/mol. The fourth-order valence-corrected chi connectivity index (χ4v) is 4.00. The molecule has 0 spiro atoms. The van der Waals surface area contributed by atoms with E-state index in [2.05, 4.69) is 30.7 Å². The lowest BCUT2D eigenvalue weighted by Gasteiger charge is -2.13. The van der Waals surface area contributed by atoms with Gasteiger partial charge in [-0.25, -0.2) is 4.98 Å². The largest absolute Gasteiger partial charge is 0.435 e. The third-order valence-electron chi connectivity index (χ3n) is 3.81. The minimum Gasteiger partial charge on any atom is -0.413 e. The Labute approximate surface area is 164 Å². The van der Waals surface area contributed by atoms with Gasteiger partial charge < -0.3 is 9.40 Å². The predicted octanol–water partition coefficient (Wildman–Crippen LogP) is 3.75. The summed E-state index contributed by atoms with van der Waals surface area (Å²) in [6.07, 6.45) is -3.19. The number of pyridine rings is 2. The highest BCUT2D eigenvalue weighted by Gasteiger charge is 2.37. The van der Waals surface area contributed by atoms with E-state index in [0.717, 1.165) is 28.3 Å². The summed E-state index contributed by atoms with van der Waals surface area (Å²) >= 11 is 4.87. The van der Waals surface area contributed by atoms with E-state index in [1.165, 1.54) is 16.3 Å². The van der Waals surface area contributed by atoms with Crippen molar-refractivity contribution in [1.29, 1.82) is 0 Å². The van der Waals surface area contributed by atoms with Crippen molar-refractivity contribution in [3.05, 3.63) is 38.9 Å². The molecule has 3 aromatic heterocycles. The second kappa shape index (κ2) is 7.19. The molecule has 0 fully saturated rings. The van der Waals surface area contributed by atoms with Gasteiger partial charge in [0, 0.05) is 22.6 Å². The lowest BCUT2D eigenvalue weighted by Crippen LogP contribution is -2.32. The smallest absolute Gasteiger partial charge is 0.413 e. The van der Waals surface area contributed by atoms with E-state index in [4.69, 9.17) is 0 Å². The summed E-state index contributed by atoms with van der Waals surface area (Å²) in [6.45, 7) is 1.97. The van der Waals surface area contributed by atoms with Gasteiger partial charge in [-0.15, -0.1) is 16.5 Å². The van der Waals surface area contributed by atoms with Crippen LogP contribution in [0.3, 0.4) is 0 Å². The first-order chi connectivity index (χ1) is 12.7. The van der Waals surface area contributed by atoms with Crippen LogP contribution in [-0.4, -0.2) is 32.1 Å². The standard InChI is InChI=1S/C16H14BrF3N4O2S/c1-4-27-10-5-8(17)7-21-12(10)14-22-9-6-11(16(18,19)20)24(26-3)15(25)13(9)23(14)2/h5-7H,4H2,1-3H3. The Morgan fingerprint density at radius 2 is 2.04 bits per heavy atom. The van der Waals surface area contributed by atoms with Crippen LogP contribution < -0.4 is 10.4 Å². The van der Waals surface area contributed by atoms with Crippen molar-refractivity contribution >= 4 is 38.7 Å². The molecule has 0 saturated carbocycles. The Kier molecular flexibility index (Phi) is 5.26. The topological polar surface area (TPSA) is 61.9 Å². The van der Waals surface area contributed by atoms with Crippen molar-refractivity contribution in [2.45, 2.75) is 18.0 Å². The van der Waals surface area contributed by atoms with Crippen LogP contribution in [0.5, 0.6) is 0 Å². The van der Waals surface area contributed by atoms with Crippen LogP contribution in [0.2, 0.25) is 0 Å². The quantitative estimate of drug-likeness (QED) is 0.552. The first kappa shape index (κ1) is 19.7. The molecular weight excluding hydrogens is 449 g/mol. The molecule has 3 aromatic rings. The third kappa shape index (κ3) is 3.45. The van der Waals surface area contributed by atoms with E-state index >= 15 is 0 Å². The zero-order valence-electron chi connectivity index (χ0n) is 14.5. The summed E-state index contributed by atoms with van der Waals surface area (Å²) in [5.74, 6) is 1.07. The molecule has 0 saturated heterocycles. The number of fused-ring (bicyclic) bond motifs is 1. The molecule has 27 heavy (non-hydrogen) atoms. The van der Waals surface area contributed by atoms with Crippen molar-refractivity contribution in [3.63, 3.8) is 0 Å². The van der Waals surface area contributed by atoms with Crippen LogP contribution in [0.25, 0.3) is 22.6 Å². The van der Waals surface area contributed by atoms with Crippen LogP contribution >= 0.6 is 27.7 Å². The Balaban J connectivity index is 2.34. The summed E-state index contributed by atoms with van der Waals surface area (Å²) in [6, 6.07) is 2.65. The number of rotatable bonds is 4. The SMILES string of the molecule is CCSc1cc(Br)cnc1-c1nc2cc(C(F)(F)F)n(OC)c(=O)c2n1C. The number of aryl methyl sites for hydroxylation is 1. The van der Waals surface area contributed by atoms with Crippen LogP contribution in [0, 0.1) is 0 Å². The fourth-order valence-electron chi connectivity index (χ4n) is 2.71. The number of hydrogen-bond acceptors (Lipinski definition) is 5. The van der Waals surface area contributed by atoms with Gasteiger partial charge in [0.25, 0.3) is 0 Å². The Morgan fingerprint density at radius 3 is 2.63 bits per heavy atom. The van der Waals surface area contributed by atoms with Crippen molar-refractivity contribution in [1.82, 2.24) is 19.3 Å². The first-order valence-corrected chi connectivity index (χ1v) is 9.49. The van der Waals surface area contributed by atoms with Crippen LogP contribution in [0.4, 0.5) is 13.2 Å². The third-order valence-corrected chi connectivity index (χ3v) is 5.15. The Bertz CT molecular complexity index is 1080. The molecule has 0 aliphatic carbocycles. The van der Waals surface area contributed by atoms with Crippen LogP contribution in [0.15, 0.2) is 32.5 Å². The highest BCUT2D eigenvalue weighted by Crippen LogP contribution is 2.34. The second-order valence-electron chi connectivity index (χ2n) is 5.47. The fraction of sp³-hybridized carbons (Fsp3) is 0.312. The number of nitrogens with zero attached hydrogens (tertiary/aromatic N) is 4. The van der Waals surface area contributed by atoms with Crippen molar-refractivity contribution in [3.8, 4) is 11.5 Å². The molecule has 0 atom stereocenters. The van der Waals surface area contributed by atoms with Gasteiger partial charge in [0.2, 0.25) is 0 Å². The minimum absolute atomic E-state index is 0.00276. The zero-order valence-corrected chi connectivity index (χ0v) is 16.9. The summed E-state index contributed by atoms with van der Waals surface area (Å²) in [5, 5.41) is 0. The van der Waals surface area contributed by atoms with Gasteiger partial charge in [-0.2, -0.15) is 13.2 Å². The first-order valence-electron chi connectivity index (χ1n) is 7.71. The molecule has 0 N–H and O–H groups in total. The zero-order chi connectivity index (χ0) is 19.9. The minimum atomic E-state index is -4.76. The molecule has 11 heteroatoms. The van der Waals surface area contributed by atoms with Gasteiger partial charge in [-0.05, 0) is 33.8 Å². The normalized spacial score (nSPS) is 12.0. The van der Waals surface area contributed by atoms with Crippen molar-refractivity contribution in [2.75, 3.05) is 12.9 Å². The molecule has 0 aliphatic heterocycles. The lowest BCUT2D eigenvalue weighted by molar-refractivity contribution is -0.151. The number of imidazole rings is 1. The van der Waals surface area contributed by atoms with Crippen LogP contribution in [0.1, 0.15) is 12.6 Å². The van der Waals surface area contributed by atoms with Gasteiger partial charge in [-0.3, -0.25) is 9.78 Å². The maximum absolute atomic E-state index is 13.3. The van der Waals surface area contributed by atoms with E-state index < -0.39 is 17.4 Å². The maximum atomic E-state index is 13.3. The van der Waals surface area contributed by atoms with E-state index in [0.29, 0.717) is 11.5 Å². The van der Waals surface area contributed by atoms with Gasteiger partial charge in [-0.1, -0.05) is 6.92 Å². The molecule has 0 aliphatic rings. The summed E-state index contributed by atoms with van der Waals surface area (Å²) in [4.78, 5) is 26.7. The molecule has 0 aromatic carbocycles. The molecule has 3 heterocycles. The van der Waals surface area contributed by atoms with E-state index in [-0.39, 0.29) is 15.8 Å². The number of aromatic nitrogens is 4. The number of thioether (sulfide) groups is 1. The molecule has 144 valence electrons. The molecule has 6 nitrogen and oxygen atoms in total. The number of hydrogen-bond donors (Lipinski definition) is 0. The summed E-state index contributed by atoms with van der Waals surface area (Å²) in [7, 11) is 2.56. The average Bonchev–Trinajstić information content (AvgIpc) is 2.91. The summed E-state index contributed by atoms with van der Waals surface area (Å²) < 4.78 is 42.3. The van der Waals surface area contributed by atoms with Crippen molar-refractivity contribution < 1.29 is 18.0 Å². The molecule has 3 rings (SSSR count). The maximum Gasteiger partial charge on any atom is 0.435 e. The second-order valence-corrected chi connectivity index (χ2v) is 7.69. The van der Waals surface area contributed by atoms with Gasteiger partial charge in [0.1, 0.15) is 18.3 Å². The molecular formula is C16H14BrF3N4O2S.